The molecule has 0 amide bonds. The summed E-state index contributed by atoms with van der Waals surface area (Å²) in [5.74, 6) is 0. The Morgan fingerprint density at radius 3 is 1.52 bits per heavy atom. The molecule has 0 fully saturated rings. The Morgan fingerprint density at radius 2 is 0.839 bits per heavy atom. The fourth-order valence-corrected chi connectivity index (χ4v) is 8.60. The van der Waals surface area contributed by atoms with Crippen LogP contribution in [0.4, 0.5) is 17.1 Å². The van der Waals surface area contributed by atoms with Gasteiger partial charge in [-0.25, -0.2) is 0 Å². The van der Waals surface area contributed by atoms with Gasteiger partial charge in [0.1, 0.15) is 11.2 Å². The van der Waals surface area contributed by atoms with Crippen molar-refractivity contribution in [3.8, 4) is 33.4 Å². The third kappa shape index (κ3) is 5.26. The van der Waals surface area contributed by atoms with E-state index in [1.807, 2.05) is 0 Å². The first-order chi connectivity index (χ1) is 27.8. The Labute approximate surface area is 325 Å². The van der Waals surface area contributed by atoms with Crippen LogP contribution in [-0.4, -0.2) is 0 Å². The summed E-state index contributed by atoms with van der Waals surface area (Å²) in [6, 6.07) is 76.3. The fraction of sp³-hybridized carbons (Fsp3) is 0. The Hall–Kier alpha value is -7.42. The summed E-state index contributed by atoms with van der Waals surface area (Å²) < 4.78 is 7.03. The third-order valence-corrected chi connectivity index (χ3v) is 11.2. The van der Waals surface area contributed by atoms with Gasteiger partial charge in [-0.05, 0) is 91.1 Å². The smallest absolute Gasteiger partial charge is 0.143 e. The van der Waals surface area contributed by atoms with Crippen molar-refractivity contribution in [3.05, 3.63) is 212 Å². The van der Waals surface area contributed by atoms with E-state index in [0.717, 1.165) is 50.1 Å². The molecule has 56 heavy (non-hydrogen) atoms. The molecule has 0 aliphatic carbocycles. The molecule has 1 aromatic heterocycles. The molecule has 0 atom stereocenters. The molecular weight excluding hydrogens is 679 g/mol. The summed E-state index contributed by atoms with van der Waals surface area (Å²) in [6.07, 6.45) is 0. The van der Waals surface area contributed by atoms with E-state index in [4.69, 9.17) is 4.42 Å². The second kappa shape index (κ2) is 13.2. The quantitative estimate of drug-likeness (QED) is 0.160. The van der Waals surface area contributed by atoms with Crippen LogP contribution in [0, 0.1) is 0 Å². The molecule has 11 rings (SSSR count). The number of hydrogen-bond donors (Lipinski definition) is 0. The molecule has 0 radical (unpaired) electrons. The second-order valence-electron chi connectivity index (χ2n) is 14.5. The molecule has 0 unspecified atom stereocenters. The van der Waals surface area contributed by atoms with Crippen LogP contribution in [-0.2, 0) is 0 Å². The molecule has 0 saturated carbocycles. The normalized spacial score (nSPS) is 11.6. The van der Waals surface area contributed by atoms with E-state index in [1.165, 1.54) is 54.6 Å². The summed E-state index contributed by atoms with van der Waals surface area (Å²) in [6.45, 7) is 0. The number of hydrogen-bond acceptors (Lipinski definition) is 2. The molecule has 2 heteroatoms. The first-order valence-electron chi connectivity index (χ1n) is 19.2. The Balaban J connectivity index is 1.19. The molecule has 2 nitrogen and oxygen atoms in total. The van der Waals surface area contributed by atoms with Gasteiger partial charge in [-0.1, -0.05) is 176 Å². The largest absolute Gasteiger partial charge is 0.455 e. The summed E-state index contributed by atoms with van der Waals surface area (Å²) in [4.78, 5) is 2.43. The summed E-state index contributed by atoms with van der Waals surface area (Å²) in [5, 5.41) is 9.37. The number of anilines is 3. The van der Waals surface area contributed by atoms with Crippen molar-refractivity contribution in [2.75, 3.05) is 4.90 Å². The van der Waals surface area contributed by atoms with Crippen LogP contribution >= 0.6 is 0 Å². The molecule has 0 saturated heterocycles. The van der Waals surface area contributed by atoms with Crippen molar-refractivity contribution in [1.29, 1.82) is 0 Å². The molecule has 0 spiro atoms. The van der Waals surface area contributed by atoms with Crippen molar-refractivity contribution in [1.82, 2.24) is 0 Å². The maximum atomic E-state index is 7.03. The van der Waals surface area contributed by atoms with Crippen LogP contribution in [0.3, 0.4) is 0 Å². The molecule has 10 aromatic carbocycles. The van der Waals surface area contributed by atoms with Gasteiger partial charge in [-0.2, -0.15) is 0 Å². The topological polar surface area (TPSA) is 16.4 Å². The Bertz CT molecular complexity index is 3220. The average Bonchev–Trinajstić information content (AvgIpc) is 3.65. The lowest BCUT2D eigenvalue weighted by molar-refractivity contribution is 0.670. The molecule has 262 valence electrons. The Morgan fingerprint density at radius 1 is 0.321 bits per heavy atom. The predicted molar refractivity (Wildman–Crippen MR) is 237 cm³/mol. The van der Waals surface area contributed by atoms with Gasteiger partial charge in [0, 0.05) is 22.0 Å². The minimum Gasteiger partial charge on any atom is -0.455 e. The predicted octanol–water partition coefficient (Wildman–Crippen LogP) is 15.5. The number of fused-ring (bicyclic) bond motifs is 7. The summed E-state index contributed by atoms with van der Waals surface area (Å²) in [7, 11) is 0. The highest BCUT2D eigenvalue weighted by Crippen LogP contribution is 2.49. The molecule has 0 aliphatic rings. The molecule has 0 aliphatic heterocycles. The van der Waals surface area contributed by atoms with Gasteiger partial charge in [0.25, 0.3) is 0 Å². The maximum absolute atomic E-state index is 7.03. The lowest BCUT2D eigenvalue weighted by Crippen LogP contribution is -2.11. The summed E-state index contributed by atoms with van der Waals surface area (Å²) >= 11 is 0. The zero-order valence-corrected chi connectivity index (χ0v) is 30.6. The molecular formula is C54H35NO. The van der Waals surface area contributed by atoms with Crippen molar-refractivity contribution in [2.24, 2.45) is 0 Å². The van der Waals surface area contributed by atoms with Crippen molar-refractivity contribution < 1.29 is 4.42 Å². The van der Waals surface area contributed by atoms with Crippen molar-refractivity contribution >= 4 is 71.3 Å². The number of furan rings is 1. The van der Waals surface area contributed by atoms with Crippen LogP contribution < -0.4 is 4.90 Å². The van der Waals surface area contributed by atoms with Crippen LogP contribution in [0.1, 0.15) is 0 Å². The van der Waals surface area contributed by atoms with Gasteiger partial charge < -0.3 is 9.32 Å². The van der Waals surface area contributed by atoms with Gasteiger partial charge in [-0.15, -0.1) is 0 Å². The first kappa shape index (κ1) is 32.0. The lowest BCUT2D eigenvalue weighted by atomic mass is 9.93. The minimum atomic E-state index is 0.853. The van der Waals surface area contributed by atoms with E-state index in [-0.39, 0.29) is 0 Å². The van der Waals surface area contributed by atoms with E-state index in [2.05, 4.69) is 217 Å². The molecule has 11 aromatic rings. The van der Waals surface area contributed by atoms with Crippen molar-refractivity contribution in [2.45, 2.75) is 0 Å². The van der Waals surface area contributed by atoms with E-state index < -0.39 is 0 Å². The maximum Gasteiger partial charge on any atom is 0.143 e. The van der Waals surface area contributed by atoms with Gasteiger partial charge in [0.2, 0.25) is 0 Å². The van der Waals surface area contributed by atoms with Gasteiger partial charge >= 0.3 is 0 Å². The van der Waals surface area contributed by atoms with Gasteiger partial charge in [0.15, 0.2) is 0 Å². The summed E-state index contributed by atoms with van der Waals surface area (Å²) in [5.41, 5.74) is 12.0. The van der Waals surface area contributed by atoms with Gasteiger partial charge in [0.05, 0.1) is 16.8 Å². The van der Waals surface area contributed by atoms with E-state index in [1.54, 1.807) is 0 Å². The molecule has 1 heterocycles. The average molecular weight is 714 g/mol. The number of benzene rings is 10. The molecule has 0 bridgehead atoms. The third-order valence-electron chi connectivity index (χ3n) is 11.2. The van der Waals surface area contributed by atoms with Crippen LogP contribution in [0.15, 0.2) is 217 Å². The second-order valence-corrected chi connectivity index (χ2v) is 14.5. The number of nitrogens with zero attached hydrogens (tertiary/aromatic N) is 1. The van der Waals surface area contributed by atoms with E-state index in [0.29, 0.717) is 0 Å². The monoisotopic (exact) mass is 713 g/mol. The highest BCUT2D eigenvalue weighted by atomic mass is 16.3. The van der Waals surface area contributed by atoms with Crippen LogP contribution in [0.5, 0.6) is 0 Å². The highest BCUT2D eigenvalue weighted by molar-refractivity contribution is 6.23. The zero-order chi connectivity index (χ0) is 37.0. The Kier molecular flexibility index (Phi) is 7.53. The molecule has 0 N–H and O–H groups in total. The first-order valence-corrected chi connectivity index (χ1v) is 19.2. The standard InChI is InChI=1S/C54H35NO/c1-3-14-36(15-4-1)38-26-28-40(29-27-38)52-45-21-10-8-18-41(45)34-48-53-49(24-13-25-51(53)56-54(48)52)55(43-32-30-39(31-33-43)37-16-5-2-6-17-37)50-35-42-19-7-9-20-44(42)46-22-11-12-23-47(46)50/h1-35H. The number of rotatable bonds is 6. The zero-order valence-electron chi connectivity index (χ0n) is 30.6. The fourth-order valence-electron chi connectivity index (χ4n) is 8.60. The van der Waals surface area contributed by atoms with Gasteiger partial charge in [-0.3, -0.25) is 0 Å². The lowest BCUT2D eigenvalue weighted by Gasteiger charge is -2.28. The van der Waals surface area contributed by atoms with Crippen LogP contribution in [0.2, 0.25) is 0 Å². The minimum absolute atomic E-state index is 0.853. The SMILES string of the molecule is c1ccc(-c2ccc(-c3c4ccccc4cc4c3oc3cccc(N(c5ccc(-c6ccccc6)cc5)c5cc6ccccc6c6ccccc56)c34)cc2)cc1. The highest BCUT2D eigenvalue weighted by Gasteiger charge is 2.24. The van der Waals surface area contributed by atoms with E-state index >= 15 is 0 Å². The van der Waals surface area contributed by atoms with E-state index in [9.17, 15) is 0 Å². The van der Waals surface area contributed by atoms with Crippen LogP contribution in [0.25, 0.3) is 87.6 Å². The van der Waals surface area contributed by atoms with Crippen molar-refractivity contribution in [3.63, 3.8) is 0 Å².